The third kappa shape index (κ3) is 3.89. The van der Waals surface area contributed by atoms with Gasteiger partial charge in [-0.25, -0.2) is 4.79 Å². The van der Waals surface area contributed by atoms with E-state index in [1.165, 1.54) is 0 Å². The summed E-state index contributed by atoms with van der Waals surface area (Å²) in [4.78, 5) is 26.2. The van der Waals surface area contributed by atoms with Crippen LogP contribution < -0.4 is 0 Å². The van der Waals surface area contributed by atoms with Crippen molar-refractivity contribution in [2.45, 2.75) is 65.4 Å². The minimum absolute atomic E-state index is 0.303. The fourth-order valence-electron chi connectivity index (χ4n) is 4.21. The van der Waals surface area contributed by atoms with E-state index in [1.54, 1.807) is 18.7 Å². The molecule has 0 bridgehead atoms. The van der Waals surface area contributed by atoms with E-state index in [9.17, 15) is 14.7 Å². The maximum Gasteiger partial charge on any atom is 0.410 e. The highest BCUT2D eigenvalue weighted by Gasteiger charge is 2.47. The van der Waals surface area contributed by atoms with Gasteiger partial charge in [0.25, 0.3) is 0 Å². The highest BCUT2D eigenvalue weighted by molar-refractivity contribution is 6.31. The molecule has 1 aliphatic heterocycles. The van der Waals surface area contributed by atoms with E-state index < -0.39 is 17.0 Å². The van der Waals surface area contributed by atoms with Crippen molar-refractivity contribution in [2.24, 2.45) is 5.41 Å². The summed E-state index contributed by atoms with van der Waals surface area (Å²) < 4.78 is 5.51. The Bertz CT molecular complexity index is 887. The van der Waals surface area contributed by atoms with Crippen LogP contribution in [0.1, 0.15) is 64.2 Å². The second kappa shape index (κ2) is 7.05. The van der Waals surface area contributed by atoms with Crippen LogP contribution in [0.4, 0.5) is 4.79 Å². The van der Waals surface area contributed by atoms with E-state index in [1.807, 2.05) is 39.8 Å². The lowest BCUT2D eigenvalue weighted by Crippen LogP contribution is -2.45. The molecule has 0 atom stereocenters. The largest absolute Gasteiger partial charge is 0.481 e. The molecule has 0 radical (unpaired) electrons. The number of hydrogen-bond acceptors (Lipinski definition) is 3. The Morgan fingerprint density at radius 1 is 1.14 bits per heavy atom. The first-order chi connectivity index (χ1) is 13.3. The molecule has 1 spiro atoms. The number of piperidine rings is 1. The molecule has 0 unspecified atom stereocenters. The van der Waals surface area contributed by atoms with Gasteiger partial charge in [0.1, 0.15) is 5.60 Å². The molecule has 1 aromatic rings. The van der Waals surface area contributed by atoms with Crippen molar-refractivity contribution in [3.05, 3.63) is 39.9 Å². The Labute approximate surface area is 177 Å². The zero-order chi connectivity index (χ0) is 21.8. The second-order valence-corrected chi connectivity index (χ2v) is 10.2. The number of fused-ring (bicyclic) bond motifs is 2. The summed E-state index contributed by atoms with van der Waals surface area (Å²) in [5.74, 6) is -0.856. The van der Waals surface area contributed by atoms with Gasteiger partial charge in [0.15, 0.2) is 0 Å². The maximum absolute atomic E-state index is 12.5. The number of halogens is 1. The highest BCUT2D eigenvalue weighted by Crippen LogP contribution is 2.53. The number of hydrogen-bond donors (Lipinski definition) is 1. The van der Waals surface area contributed by atoms with Gasteiger partial charge in [0.05, 0.1) is 5.41 Å². The fourth-order valence-corrected chi connectivity index (χ4v) is 4.37. The molecule has 0 aromatic heterocycles. The summed E-state index contributed by atoms with van der Waals surface area (Å²) in [6.07, 6.45) is 3.23. The molecule has 1 fully saturated rings. The normalized spacial score (nSPS) is 18.4. The lowest BCUT2D eigenvalue weighted by molar-refractivity contribution is -0.143. The van der Waals surface area contributed by atoms with E-state index in [4.69, 9.17) is 16.3 Å². The van der Waals surface area contributed by atoms with Crippen molar-refractivity contribution >= 4 is 29.2 Å². The number of rotatable bonds is 2. The number of aliphatic carboxylic acids is 1. The van der Waals surface area contributed by atoms with Crippen LogP contribution in [-0.2, 0) is 14.9 Å². The molecule has 1 aromatic carbocycles. The Balaban J connectivity index is 1.96. The van der Waals surface area contributed by atoms with E-state index in [0.29, 0.717) is 31.0 Å². The van der Waals surface area contributed by atoms with Crippen molar-refractivity contribution in [3.63, 3.8) is 0 Å². The zero-order valence-corrected chi connectivity index (χ0v) is 18.8. The standard InChI is InChI=1S/C23H30ClNO4/c1-14-11-15-16(12-18(14)24)23(13-17(15)22(5,6)19(26)27)7-9-25(10-8-23)20(28)29-21(2,3)4/h11-13H,7-10H2,1-6H3,(H,26,27). The van der Waals surface area contributed by atoms with Gasteiger partial charge in [-0.15, -0.1) is 0 Å². The average Bonchev–Trinajstić information content (AvgIpc) is 2.88. The van der Waals surface area contributed by atoms with Crippen LogP contribution in [-0.4, -0.2) is 40.8 Å². The third-order valence-electron chi connectivity index (χ3n) is 6.06. The second-order valence-electron chi connectivity index (χ2n) is 9.76. The Morgan fingerprint density at radius 2 is 1.72 bits per heavy atom. The summed E-state index contributed by atoms with van der Waals surface area (Å²) >= 11 is 6.45. The van der Waals surface area contributed by atoms with Crippen LogP contribution in [0.2, 0.25) is 5.02 Å². The summed E-state index contributed by atoms with van der Waals surface area (Å²) in [7, 11) is 0. The summed E-state index contributed by atoms with van der Waals surface area (Å²) in [5.41, 5.74) is 1.93. The van der Waals surface area contributed by atoms with E-state index >= 15 is 0 Å². The van der Waals surface area contributed by atoms with Crippen LogP contribution >= 0.6 is 11.6 Å². The third-order valence-corrected chi connectivity index (χ3v) is 6.47. The van der Waals surface area contributed by atoms with E-state index in [0.717, 1.165) is 22.3 Å². The number of likely N-dealkylation sites (tertiary alicyclic amines) is 1. The summed E-state index contributed by atoms with van der Waals surface area (Å²) in [6, 6.07) is 3.99. The fraction of sp³-hybridized carbons (Fsp3) is 0.565. The lowest BCUT2D eigenvalue weighted by atomic mass is 9.74. The molecule has 1 aliphatic carbocycles. The van der Waals surface area contributed by atoms with Gasteiger partial charge in [-0.05, 0) is 88.8 Å². The maximum atomic E-state index is 12.5. The molecule has 158 valence electrons. The SMILES string of the molecule is Cc1cc2c(cc1Cl)C1(C=C2C(C)(C)C(=O)O)CCN(C(=O)OC(C)(C)C)CC1. The van der Waals surface area contributed by atoms with Gasteiger partial charge >= 0.3 is 12.1 Å². The molecule has 3 rings (SSSR count). The number of carbonyl (C=O) groups excluding carboxylic acids is 1. The Morgan fingerprint density at radius 3 is 2.24 bits per heavy atom. The molecule has 1 amide bonds. The molecule has 6 heteroatoms. The number of nitrogens with zero attached hydrogens (tertiary/aromatic N) is 1. The Kier molecular flexibility index (Phi) is 5.27. The number of carboxylic acid groups (broad SMARTS) is 1. The first-order valence-corrected chi connectivity index (χ1v) is 10.4. The van der Waals surface area contributed by atoms with Crippen molar-refractivity contribution < 1.29 is 19.4 Å². The summed E-state index contributed by atoms with van der Waals surface area (Å²) in [6.45, 7) is 12.1. The van der Waals surface area contributed by atoms with E-state index in [-0.39, 0.29) is 11.5 Å². The van der Waals surface area contributed by atoms with Crippen molar-refractivity contribution in [3.8, 4) is 0 Å². The van der Waals surface area contributed by atoms with Crippen LogP contribution in [0.5, 0.6) is 0 Å². The smallest absolute Gasteiger partial charge is 0.410 e. The van der Waals surface area contributed by atoms with Gasteiger partial charge in [-0.1, -0.05) is 17.7 Å². The summed E-state index contributed by atoms with van der Waals surface area (Å²) in [5, 5.41) is 10.5. The minimum Gasteiger partial charge on any atom is -0.481 e. The number of benzene rings is 1. The molecular formula is C23H30ClNO4. The van der Waals surface area contributed by atoms with Crippen LogP contribution in [0, 0.1) is 12.3 Å². The van der Waals surface area contributed by atoms with Gasteiger partial charge in [-0.2, -0.15) is 0 Å². The van der Waals surface area contributed by atoms with Crippen LogP contribution in [0.25, 0.3) is 5.57 Å². The highest BCUT2D eigenvalue weighted by atomic mass is 35.5. The molecule has 0 saturated carbocycles. The van der Waals surface area contributed by atoms with Crippen LogP contribution in [0.15, 0.2) is 18.2 Å². The molecule has 1 heterocycles. The van der Waals surface area contributed by atoms with Crippen molar-refractivity contribution in [1.29, 1.82) is 0 Å². The quantitative estimate of drug-likeness (QED) is 0.694. The van der Waals surface area contributed by atoms with Gasteiger partial charge in [0, 0.05) is 23.5 Å². The van der Waals surface area contributed by atoms with Gasteiger partial charge < -0.3 is 14.7 Å². The predicted octanol–water partition coefficient (Wildman–Crippen LogP) is 5.42. The number of ether oxygens (including phenoxy) is 1. The first-order valence-electron chi connectivity index (χ1n) is 10.0. The number of amides is 1. The zero-order valence-electron chi connectivity index (χ0n) is 18.1. The molecule has 2 aliphatic rings. The van der Waals surface area contributed by atoms with Gasteiger partial charge in [0.2, 0.25) is 0 Å². The topological polar surface area (TPSA) is 66.8 Å². The monoisotopic (exact) mass is 419 g/mol. The molecular weight excluding hydrogens is 390 g/mol. The minimum atomic E-state index is -1.01. The van der Waals surface area contributed by atoms with Gasteiger partial charge in [-0.3, -0.25) is 4.79 Å². The number of carboxylic acids is 1. The molecule has 1 saturated heterocycles. The number of carbonyl (C=O) groups is 2. The first kappa shape index (κ1) is 21.7. The average molecular weight is 420 g/mol. The van der Waals surface area contributed by atoms with Crippen molar-refractivity contribution in [2.75, 3.05) is 13.1 Å². The van der Waals surface area contributed by atoms with Crippen molar-refractivity contribution in [1.82, 2.24) is 4.90 Å². The molecule has 29 heavy (non-hydrogen) atoms. The predicted molar refractivity (Wildman–Crippen MR) is 114 cm³/mol. The number of aryl methyl sites for hydroxylation is 1. The Hall–Kier alpha value is -2.01. The lowest BCUT2D eigenvalue weighted by Gasteiger charge is -2.39. The number of allylic oxidation sites excluding steroid dienone is 1. The molecule has 1 N–H and O–H groups in total. The van der Waals surface area contributed by atoms with E-state index in [2.05, 4.69) is 6.08 Å². The molecule has 5 nitrogen and oxygen atoms in total. The van der Waals surface area contributed by atoms with Crippen LogP contribution in [0.3, 0.4) is 0 Å².